The van der Waals surface area contributed by atoms with Crippen LogP contribution in [0.2, 0.25) is 0 Å². The molecule has 0 spiro atoms. The second-order valence-corrected chi connectivity index (χ2v) is 4.39. The van der Waals surface area contributed by atoms with Gasteiger partial charge in [0.05, 0.1) is 6.10 Å². The first-order valence-corrected chi connectivity index (χ1v) is 6.14. The smallest absolute Gasteiger partial charge is 0.168 e. The maximum absolute atomic E-state index is 13.3. The Bertz CT molecular complexity index is 409. The van der Waals surface area contributed by atoms with Crippen molar-refractivity contribution >= 4 is 11.6 Å². The van der Waals surface area contributed by atoms with Crippen molar-refractivity contribution in [2.24, 2.45) is 0 Å². The van der Waals surface area contributed by atoms with Gasteiger partial charge in [-0.05, 0) is 25.7 Å². The predicted molar refractivity (Wildman–Crippen MR) is 65.3 cm³/mol. The van der Waals surface area contributed by atoms with Gasteiger partial charge >= 0.3 is 0 Å². The Morgan fingerprint density at radius 1 is 1.39 bits per heavy atom. The highest BCUT2D eigenvalue weighted by atomic mass is 19.1. The van der Waals surface area contributed by atoms with Crippen molar-refractivity contribution < 1.29 is 13.5 Å². The summed E-state index contributed by atoms with van der Waals surface area (Å²) in [4.78, 5) is 3.63. The number of aromatic nitrogens is 1. The molecule has 2 rings (SSSR count). The lowest BCUT2D eigenvalue weighted by Gasteiger charge is -2.22. The van der Waals surface area contributed by atoms with Crippen molar-refractivity contribution in [2.75, 3.05) is 24.2 Å². The fourth-order valence-electron chi connectivity index (χ4n) is 1.99. The third kappa shape index (κ3) is 3.29. The van der Waals surface area contributed by atoms with Crippen LogP contribution in [0.4, 0.5) is 20.4 Å². The standard InChI is InChI=1S/C12H17F2N3O/c13-9-7-10(14)12(17-11(9)15)16-5-4-8-3-1-2-6-18-8/h7-8H,1-6H2,(H3,15,16,17). The third-order valence-corrected chi connectivity index (χ3v) is 2.99. The van der Waals surface area contributed by atoms with E-state index in [9.17, 15) is 8.78 Å². The number of hydrogen-bond donors (Lipinski definition) is 2. The molecule has 3 N–H and O–H groups in total. The first kappa shape index (κ1) is 13.0. The summed E-state index contributed by atoms with van der Waals surface area (Å²) in [5.74, 6) is -1.88. The number of nitrogens with two attached hydrogens (primary N) is 1. The summed E-state index contributed by atoms with van der Waals surface area (Å²) < 4.78 is 31.8. The fourth-order valence-corrected chi connectivity index (χ4v) is 1.99. The molecule has 100 valence electrons. The van der Waals surface area contributed by atoms with Crippen LogP contribution in [0.1, 0.15) is 25.7 Å². The SMILES string of the molecule is Nc1nc(NCCC2CCCCO2)c(F)cc1F. The molecule has 1 aromatic heterocycles. The predicted octanol–water partition coefficient (Wildman–Crippen LogP) is 2.31. The molecule has 0 saturated carbocycles. The van der Waals surface area contributed by atoms with Crippen LogP contribution < -0.4 is 11.1 Å². The van der Waals surface area contributed by atoms with Gasteiger partial charge in [-0.25, -0.2) is 13.8 Å². The molecular weight excluding hydrogens is 240 g/mol. The average Bonchev–Trinajstić information content (AvgIpc) is 2.37. The van der Waals surface area contributed by atoms with Crippen LogP contribution in [-0.2, 0) is 4.74 Å². The van der Waals surface area contributed by atoms with E-state index in [4.69, 9.17) is 10.5 Å². The second-order valence-electron chi connectivity index (χ2n) is 4.39. The largest absolute Gasteiger partial charge is 0.381 e. The van der Waals surface area contributed by atoms with E-state index in [-0.39, 0.29) is 17.7 Å². The zero-order valence-electron chi connectivity index (χ0n) is 10.1. The molecule has 6 heteroatoms. The van der Waals surface area contributed by atoms with Gasteiger partial charge in [0.25, 0.3) is 0 Å². The number of nitrogen functional groups attached to an aromatic ring is 1. The van der Waals surface area contributed by atoms with Gasteiger partial charge in [-0.3, -0.25) is 0 Å². The van der Waals surface area contributed by atoms with Crippen LogP contribution in [0.25, 0.3) is 0 Å². The Morgan fingerprint density at radius 2 is 2.22 bits per heavy atom. The number of nitrogens with one attached hydrogen (secondary N) is 1. The Hall–Kier alpha value is -1.43. The Morgan fingerprint density at radius 3 is 2.94 bits per heavy atom. The molecule has 1 unspecified atom stereocenters. The molecule has 18 heavy (non-hydrogen) atoms. The molecule has 1 saturated heterocycles. The second kappa shape index (κ2) is 5.95. The van der Waals surface area contributed by atoms with E-state index in [0.29, 0.717) is 6.54 Å². The minimum atomic E-state index is -0.839. The zero-order chi connectivity index (χ0) is 13.0. The van der Waals surface area contributed by atoms with E-state index < -0.39 is 11.6 Å². The summed E-state index contributed by atoms with van der Waals surface area (Å²) >= 11 is 0. The Kier molecular flexibility index (Phi) is 4.30. The minimum Gasteiger partial charge on any atom is -0.381 e. The summed E-state index contributed by atoms with van der Waals surface area (Å²) in [7, 11) is 0. The van der Waals surface area contributed by atoms with Crippen molar-refractivity contribution in [1.82, 2.24) is 4.98 Å². The minimum absolute atomic E-state index is 0.00953. The molecule has 1 aromatic rings. The first-order chi connectivity index (χ1) is 8.66. The normalized spacial score (nSPS) is 19.8. The summed E-state index contributed by atoms with van der Waals surface area (Å²) in [6, 6.07) is 0.738. The van der Waals surface area contributed by atoms with Gasteiger partial charge in [0, 0.05) is 19.2 Å². The van der Waals surface area contributed by atoms with Crippen molar-refractivity contribution in [3.05, 3.63) is 17.7 Å². The van der Waals surface area contributed by atoms with Crippen molar-refractivity contribution in [3.63, 3.8) is 0 Å². The molecule has 0 radical (unpaired) electrons. The van der Waals surface area contributed by atoms with Gasteiger partial charge in [-0.15, -0.1) is 0 Å². The van der Waals surface area contributed by atoms with Crippen molar-refractivity contribution in [2.45, 2.75) is 31.8 Å². The molecular formula is C12H17F2N3O. The molecule has 0 amide bonds. The highest BCUT2D eigenvalue weighted by Gasteiger charge is 2.14. The van der Waals surface area contributed by atoms with Crippen LogP contribution in [0.15, 0.2) is 6.07 Å². The number of hydrogen-bond acceptors (Lipinski definition) is 4. The molecule has 2 heterocycles. The van der Waals surface area contributed by atoms with Crippen LogP contribution in [0, 0.1) is 11.6 Å². The Balaban J connectivity index is 1.84. The van der Waals surface area contributed by atoms with Crippen LogP contribution in [-0.4, -0.2) is 24.2 Å². The molecule has 0 aliphatic carbocycles. The van der Waals surface area contributed by atoms with Crippen molar-refractivity contribution in [3.8, 4) is 0 Å². The van der Waals surface area contributed by atoms with Gasteiger partial charge in [0.2, 0.25) is 0 Å². The van der Waals surface area contributed by atoms with E-state index in [1.54, 1.807) is 0 Å². The molecule has 0 aromatic carbocycles. The summed E-state index contributed by atoms with van der Waals surface area (Å²) in [6.45, 7) is 1.32. The number of halogens is 2. The lowest BCUT2D eigenvalue weighted by molar-refractivity contribution is 0.0134. The summed E-state index contributed by atoms with van der Waals surface area (Å²) in [6.07, 6.45) is 4.30. The molecule has 1 aliphatic heterocycles. The van der Waals surface area contributed by atoms with Crippen LogP contribution in [0.3, 0.4) is 0 Å². The van der Waals surface area contributed by atoms with Crippen molar-refractivity contribution in [1.29, 1.82) is 0 Å². The number of rotatable bonds is 4. The summed E-state index contributed by atoms with van der Waals surface area (Å²) in [5, 5.41) is 2.82. The molecule has 1 fully saturated rings. The maximum atomic E-state index is 13.3. The van der Waals surface area contributed by atoms with Gasteiger partial charge in [-0.2, -0.15) is 0 Å². The van der Waals surface area contributed by atoms with E-state index in [0.717, 1.165) is 31.9 Å². The monoisotopic (exact) mass is 257 g/mol. The van der Waals surface area contributed by atoms with Gasteiger partial charge in [0.1, 0.15) is 0 Å². The van der Waals surface area contributed by atoms with Gasteiger partial charge in [-0.1, -0.05) is 0 Å². The maximum Gasteiger partial charge on any atom is 0.168 e. The topological polar surface area (TPSA) is 60.2 Å². The number of anilines is 2. The average molecular weight is 257 g/mol. The van der Waals surface area contributed by atoms with E-state index in [1.807, 2.05) is 0 Å². The summed E-state index contributed by atoms with van der Waals surface area (Å²) in [5.41, 5.74) is 5.29. The first-order valence-electron chi connectivity index (χ1n) is 6.14. The van der Waals surface area contributed by atoms with E-state index in [2.05, 4.69) is 10.3 Å². The van der Waals surface area contributed by atoms with Gasteiger partial charge in [0.15, 0.2) is 23.3 Å². The van der Waals surface area contributed by atoms with Gasteiger partial charge < -0.3 is 15.8 Å². The fraction of sp³-hybridized carbons (Fsp3) is 0.583. The highest BCUT2D eigenvalue weighted by Crippen LogP contribution is 2.18. The third-order valence-electron chi connectivity index (χ3n) is 2.99. The molecule has 1 atom stereocenters. The lowest BCUT2D eigenvalue weighted by Crippen LogP contribution is -2.22. The molecule has 1 aliphatic rings. The number of nitrogens with zero attached hydrogens (tertiary/aromatic N) is 1. The number of pyridine rings is 1. The van der Waals surface area contributed by atoms with Crippen LogP contribution >= 0.6 is 0 Å². The zero-order valence-corrected chi connectivity index (χ0v) is 10.1. The highest BCUT2D eigenvalue weighted by molar-refractivity contribution is 5.44. The molecule has 4 nitrogen and oxygen atoms in total. The van der Waals surface area contributed by atoms with Crippen LogP contribution in [0.5, 0.6) is 0 Å². The number of ether oxygens (including phenoxy) is 1. The molecule has 0 bridgehead atoms. The van der Waals surface area contributed by atoms with E-state index in [1.165, 1.54) is 6.42 Å². The van der Waals surface area contributed by atoms with E-state index >= 15 is 0 Å². The lowest BCUT2D eigenvalue weighted by atomic mass is 10.1. The quantitative estimate of drug-likeness (QED) is 0.869. The Labute approximate surface area is 105 Å².